The van der Waals surface area contributed by atoms with Crippen molar-refractivity contribution < 1.29 is 4.79 Å². The highest BCUT2D eigenvalue weighted by molar-refractivity contribution is 8.00. The van der Waals surface area contributed by atoms with Crippen LogP contribution < -0.4 is 5.73 Å². The summed E-state index contributed by atoms with van der Waals surface area (Å²) in [5, 5.41) is 18.1. The predicted molar refractivity (Wildman–Crippen MR) is 90.5 cm³/mol. The summed E-state index contributed by atoms with van der Waals surface area (Å²) in [4.78, 5) is 18.6. The van der Waals surface area contributed by atoms with Crippen LogP contribution in [0.25, 0.3) is 0 Å². The summed E-state index contributed by atoms with van der Waals surface area (Å²) in [5.41, 5.74) is 6.13. The van der Waals surface area contributed by atoms with E-state index >= 15 is 0 Å². The molecule has 1 rings (SSSR count). The molecule has 0 saturated heterocycles. The van der Waals surface area contributed by atoms with Gasteiger partial charge >= 0.3 is 0 Å². The first-order valence-corrected chi connectivity index (χ1v) is 8.20. The van der Waals surface area contributed by atoms with Crippen LogP contribution in [0.15, 0.2) is 11.1 Å². The zero-order chi connectivity index (χ0) is 17.7. The van der Waals surface area contributed by atoms with Gasteiger partial charge in [0.15, 0.2) is 0 Å². The van der Waals surface area contributed by atoms with E-state index in [0.29, 0.717) is 5.03 Å². The van der Waals surface area contributed by atoms with Crippen molar-refractivity contribution in [1.82, 2.24) is 9.88 Å². The number of nitrogens with zero attached hydrogens (tertiary/aromatic N) is 4. The van der Waals surface area contributed by atoms with Crippen LogP contribution in [0.1, 0.15) is 45.7 Å². The van der Waals surface area contributed by atoms with E-state index in [2.05, 4.69) is 4.98 Å². The summed E-state index contributed by atoms with van der Waals surface area (Å²) >= 11 is 1.19. The lowest BCUT2D eigenvalue weighted by Gasteiger charge is -2.32. The number of nitriles is 2. The third-order valence-corrected chi connectivity index (χ3v) is 4.35. The van der Waals surface area contributed by atoms with Crippen LogP contribution in [0.5, 0.6) is 0 Å². The van der Waals surface area contributed by atoms with Gasteiger partial charge in [-0.15, -0.1) is 0 Å². The number of hydrogen-bond acceptors (Lipinski definition) is 6. The Morgan fingerprint density at radius 2 is 1.70 bits per heavy atom. The SMILES string of the molecule is CC(C)N(C(=O)[C@H](C)Sc1nc(N)c(C#N)cc1C#N)C(C)C. The molecule has 7 heteroatoms. The van der Waals surface area contributed by atoms with Gasteiger partial charge in [0, 0.05) is 12.1 Å². The normalized spacial score (nSPS) is 11.9. The third kappa shape index (κ3) is 4.37. The van der Waals surface area contributed by atoms with Crippen LogP contribution in [0.2, 0.25) is 0 Å². The van der Waals surface area contributed by atoms with Crippen LogP contribution in [0, 0.1) is 22.7 Å². The molecule has 0 saturated carbocycles. The number of nitrogens with two attached hydrogens (primary N) is 1. The highest BCUT2D eigenvalue weighted by Gasteiger charge is 2.27. The number of thioether (sulfide) groups is 1. The molecule has 6 nitrogen and oxygen atoms in total. The molecule has 0 radical (unpaired) electrons. The molecule has 23 heavy (non-hydrogen) atoms. The molecule has 0 aliphatic rings. The van der Waals surface area contributed by atoms with Gasteiger partial charge in [0.25, 0.3) is 0 Å². The number of anilines is 1. The molecule has 0 unspecified atom stereocenters. The molecule has 0 fully saturated rings. The molecule has 1 atom stereocenters. The fourth-order valence-corrected chi connectivity index (χ4v) is 3.24. The second-order valence-corrected chi connectivity index (χ2v) is 7.02. The number of pyridine rings is 1. The fourth-order valence-electron chi connectivity index (χ4n) is 2.30. The van der Waals surface area contributed by atoms with Gasteiger partial charge in [0.05, 0.1) is 16.4 Å². The average Bonchev–Trinajstić information content (AvgIpc) is 2.46. The van der Waals surface area contributed by atoms with Crippen LogP contribution >= 0.6 is 11.8 Å². The lowest BCUT2D eigenvalue weighted by molar-refractivity contribution is -0.133. The van der Waals surface area contributed by atoms with E-state index < -0.39 is 5.25 Å². The van der Waals surface area contributed by atoms with Crippen LogP contribution in [-0.2, 0) is 4.79 Å². The molecule has 2 N–H and O–H groups in total. The standard InChI is InChI=1S/C16H21N5OS/c1-9(2)21(10(3)4)16(22)11(5)23-15-13(8-18)6-12(7-17)14(19)20-15/h6,9-11H,1-5H3,(H2,19,20)/t11-/m0/s1. The van der Waals surface area contributed by atoms with Gasteiger partial charge in [-0.05, 0) is 40.7 Å². The molecule has 0 aliphatic carbocycles. The Morgan fingerprint density at radius 3 is 2.13 bits per heavy atom. The van der Waals surface area contributed by atoms with Crippen molar-refractivity contribution in [3.63, 3.8) is 0 Å². The van der Waals surface area contributed by atoms with Crippen LogP contribution in [-0.4, -0.2) is 33.1 Å². The van der Waals surface area contributed by atoms with E-state index in [1.54, 1.807) is 11.8 Å². The van der Waals surface area contributed by atoms with Gasteiger partial charge in [0.2, 0.25) is 5.91 Å². The van der Waals surface area contributed by atoms with Gasteiger partial charge in [0.1, 0.15) is 23.0 Å². The summed E-state index contributed by atoms with van der Waals surface area (Å²) in [6, 6.07) is 5.47. The third-order valence-electron chi connectivity index (χ3n) is 3.26. The minimum atomic E-state index is -0.410. The molecule has 1 aromatic rings. The van der Waals surface area contributed by atoms with Crippen molar-refractivity contribution in [2.24, 2.45) is 0 Å². The van der Waals surface area contributed by atoms with E-state index in [4.69, 9.17) is 11.0 Å². The van der Waals surface area contributed by atoms with Gasteiger partial charge < -0.3 is 10.6 Å². The van der Waals surface area contributed by atoms with E-state index in [0.717, 1.165) is 0 Å². The minimum Gasteiger partial charge on any atom is -0.383 e. The number of carbonyl (C=O) groups excluding carboxylic acids is 1. The van der Waals surface area contributed by atoms with E-state index in [-0.39, 0.29) is 34.9 Å². The second-order valence-electron chi connectivity index (χ2n) is 5.69. The monoisotopic (exact) mass is 331 g/mol. The van der Waals surface area contributed by atoms with Crippen LogP contribution in [0.4, 0.5) is 5.82 Å². The molecule has 1 heterocycles. The lowest BCUT2D eigenvalue weighted by atomic mass is 10.2. The lowest BCUT2D eigenvalue weighted by Crippen LogP contribution is -2.45. The maximum Gasteiger partial charge on any atom is 0.236 e. The van der Waals surface area contributed by atoms with E-state index in [1.807, 2.05) is 39.8 Å². The Labute approximate surface area is 141 Å². The fraction of sp³-hybridized carbons (Fsp3) is 0.500. The van der Waals surface area contributed by atoms with Gasteiger partial charge in [-0.25, -0.2) is 4.98 Å². The molecule has 0 bridgehead atoms. The first-order chi connectivity index (χ1) is 10.7. The van der Waals surface area contributed by atoms with Gasteiger partial charge in [-0.3, -0.25) is 4.79 Å². The van der Waals surface area contributed by atoms with Crippen molar-refractivity contribution >= 4 is 23.5 Å². The summed E-state index contributed by atoms with van der Waals surface area (Å²) in [7, 11) is 0. The molecular weight excluding hydrogens is 310 g/mol. The Morgan fingerprint density at radius 1 is 1.17 bits per heavy atom. The molecule has 0 spiro atoms. The van der Waals surface area contributed by atoms with Crippen molar-refractivity contribution in [3.8, 4) is 12.1 Å². The Kier molecular flexibility index (Phi) is 6.41. The average molecular weight is 331 g/mol. The summed E-state index contributed by atoms with van der Waals surface area (Å²) < 4.78 is 0. The zero-order valence-corrected chi connectivity index (χ0v) is 14.8. The molecular formula is C16H21N5OS. The second kappa shape index (κ2) is 7.85. The molecule has 122 valence electrons. The van der Waals surface area contributed by atoms with E-state index in [1.165, 1.54) is 17.8 Å². The van der Waals surface area contributed by atoms with Crippen molar-refractivity contribution in [2.45, 2.75) is 57.0 Å². The number of aromatic nitrogens is 1. The Bertz CT molecular complexity index is 664. The van der Waals surface area contributed by atoms with Crippen molar-refractivity contribution in [3.05, 3.63) is 17.2 Å². The predicted octanol–water partition coefficient (Wildman–Crippen LogP) is 2.53. The largest absolute Gasteiger partial charge is 0.383 e. The zero-order valence-electron chi connectivity index (χ0n) is 14.0. The quantitative estimate of drug-likeness (QED) is 0.831. The first-order valence-electron chi connectivity index (χ1n) is 7.32. The number of amides is 1. The number of hydrogen-bond donors (Lipinski definition) is 1. The Hall–Kier alpha value is -2.25. The maximum atomic E-state index is 12.6. The van der Waals surface area contributed by atoms with E-state index in [9.17, 15) is 10.1 Å². The summed E-state index contributed by atoms with van der Waals surface area (Å²) in [6.45, 7) is 9.64. The molecule has 1 amide bonds. The Balaban J connectivity index is 3.08. The van der Waals surface area contributed by atoms with Crippen LogP contribution in [0.3, 0.4) is 0 Å². The van der Waals surface area contributed by atoms with Crippen molar-refractivity contribution in [1.29, 1.82) is 10.5 Å². The minimum absolute atomic E-state index is 0.0198. The molecule has 0 aromatic carbocycles. The molecule has 0 aliphatic heterocycles. The number of rotatable bonds is 5. The highest BCUT2D eigenvalue weighted by atomic mass is 32.2. The number of nitrogen functional groups attached to an aromatic ring is 1. The smallest absolute Gasteiger partial charge is 0.236 e. The highest BCUT2D eigenvalue weighted by Crippen LogP contribution is 2.29. The first kappa shape index (κ1) is 18.8. The number of carbonyl (C=O) groups is 1. The molecule has 1 aromatic heterocycles. The summed E-state index contributed by atoms with van der Waals surface area (Å²) in [6.07, 6.45) is 0. The van der Waals surface area contributed by atoms with Gasteiger partial charge in [-0.2, -0.15) is 10.5 Å². The maximum absolute atomic E-state index is 12.6. The summed E-state index contributed by atoms with van der Waals surface area (Å²) in [5.74, 6) is 0.0480. The topological polar surface area (TPSA) is 107 Å². The van der Waals surface area contributed by atoms with Gasteiger partial charge in [-0.1, -0.05) is 11.8 Å². The van der Waals surface area contributed by atoms with Crippen molar-refractivity contribution in [2.75, 3.05) is 5.73 Å².